The molecule has 0 fully saturated rings. The quantitative estimate of drug-likeness (QED) is 0.668. The molecular weight excluding hydrogens is 320 g/mol. The van der Waals surface area contributed by atoms with Crippen molar-refractivity contribution >= 4 is 28.1 Å². The summed E-state index contributed by atoms with van der Waals surface area (Å²) in [5.74, 6) is -0.0857. The first kappa shape index (κ1) is 14.3. The Balaban J connectivity index is 1.89. The topological polar surface area (TPSA) is 61.7 Å². The van der Waals surface area contributed by atoms with Gasteiger partial charge in [0, 0.05) is 10.0 Å². The van der Waals surface area contributed by atoms with E-state index < -0.39 is 0 Å². The third-order valence-electron chi connectivity index (χ3n) is 2.61. The largest absolute Gasteiger partial charge is 0.507 e. The van der Waals surface area contributed by atoms with E-state index in [1.807, 2.05) is 24.3 Å². The summed E-state index contributed by atoms with van der Waals surface area (Å²) in [6, 6.07) is 14.3. The molecule has 102 valence electrons. The number of phenolic OH excluding ortho intramolecular Hbond substituents is 1. The number of hydrogen-bond donors (Lipinski definition) is 2. The summed E-state index contributed by atoms with van der Waals surface area (Å²) in [5, 5.41) is 13.4. The Bertz CT molecular complexity index is 624. The highest BCUT2D eigenvalue weighted by Gasteiger charge is 2.02. The van der Waals surface area contributed by atoms with Crippen LogP contribution in [0.4, 0.5) is 0 Å². The van der Waals surface area contributed by atoms with E-state index in [-0.39, 0.29) is 18.1 Å². The molecule has 2 aromatic rings. The maximum atomic E-state index is 11.7. The van der Waals surface area contributed by atoms with E-state index >= 15 is 0 Å². The molecule has 2 N–H and O–H groups in total. The number of phenols is 1. The smallest absolute Gasteiger partial charge is 0.244 e. The summed E-state index contributed by atoms with van der Waals surface area (Å²) in [6.45, 7) is 0. The zero-order valence-electron chi connectivity index (χ0n) is 10.6. The van der Waals surface area contributed by atoms with Crippen molar-refractivity contribution < 1.29 is 9.90 Å². The zero-order chi connectivity index (χ0) is 14.4. The minimum Gasteiger partial charge on any atom is -0.507 e. The molecule has 0 radical (unpaired) electrons. The molecular formula is C15H13BrN2O2. The number of rotatable bonds is 4. The molecule has 5 heteroatoms. The molecule has 0 saturated carbocycles. The van der Waals surface area contributed by atoms with Crippen molar-refractivity contribution in [1.82, 2.24) is 5.43 Å². The molecule has 4 nitrogen and oxygen atoms in total. The van der Waals surface area contributed by atoms with E-state index in [9.17, 15) is 9.90 Å². The first-order chi connectivity index (χ1) is 9.65. The van der Waals surface area contributed by atoms with Crippen LogP contribution in [0.3, 0.4) is 0 Å². The number of halogens is 1. The van der Waals surface area contributed by atoms with E-state index in [2.05, 4.69) is 26.5 Å². The number of benzene rings is 2. The Morgan fingerprint density at radius 2 is 1.90 bits per heavy atom. The monoisotopic (exact) mass is 332 g/mol. The van der Waals surface area contributed by atoms with Crippen LogP contribution >= 0.6 is 15.9 Å². The van der Waals surface area contributed by atoms with Crippen LogP contribution in [-0.4, -0.2) is 17.2 Å². The van der Waals surface area contributed by atoms with Crippen molar-refractivity contribution in [2.75, 3.05) is 0 Å². The molecule has 0 aromatic heterocycles. The lowest BCUT2D eigenvalue weighted by Gasteiger charge is -2.01. The molecule has 0 saturated heterocycles. The summed E-state index contributed by atoms with van der Waals surface area (Å²) >= 11 is 3.34. The second-order valence-corrected chi connectivity index (χ2v) is 5.07. The fraction of sp³-hybridized carbons (Fsp3) is 0.0667. The second-order valence-electron chi connectivity index (χ2n) is 4.16. The van der Waals surface area contributed by atoms with Crippen LogP contribution in [0.2, 0.25) is 0 Å². The molecule has 0 atom stereocenters. The standard InChI is InChI=1S/C15H13BrN2O2/c16-13-7-5-11(6-8-13)9-15(20)18-17-10-12-3-1-2-4-14(12)19/h1-8,10,19H,9H2,(H,18,20)/b17-10+. The van der Waals surface area contributed by atoms with E-state index in [4.69, 9.17) is 0 Å². The first-order valence-corrected chi connectivity index (χ1v) is 6.79. The van der Waals surface area contributed by atoms with E-state index in [1.165, 1.54) is 6.21 Å². The number of carbonyl (C=O) groups excluding carboxylic acids is 1. The number of hydrazone groups is 1. The number of amides is 1. The predicted octanol–water partition coefficient (Wildman–Crippen LogP) is 2.85. The fourth-order valence-corrected chi connectivity index (χ4v) is 1.86. The SMILES string of the molecule is O=C(Cc1ccc(Br)cc1)N/N=C/c1ccccc1O. The van der Waals surface area contributed by atoms with Gasteiger partial charge >= 0.3 is 0 Å². The van der Waals surface area contributed by atoms with Crippen LogP contribution in [-0.2, 0) is 11.2 Å². The van der Waals surface area contributed by atoms with Gasteiger partial charge in [0.25, 0.3) is 0 Å². The zero-order valence-corrected chi connectivity index (χ0v) is 12.2. The van der Waals surface area contributed by atoms with Crippen molar-refractivity contribution in [1.29, 1.82) is 0 Å². The summed E-state index contributed by atoms with van der Waals surface area (Å²) in [7, 11) is 0. The van der Waals surface area contributed by atoms with Gasteiger partial charge in [0.05, 0.1) is 12.6 Å². The highest BCUT2D eigenvalue weighted by molar-refractivity contribution is 9.10. The Kier molecular flexibility index (Phi) is 4.90. The van der Waals surface area contributed by atoms with Crippen molar-refractivity contribution in [3.8, 4) is 5.75 Å². The Labute approximate surface area is 125 Å². The van der Waals surface area contributed by atoms with E-state index in [0.29, 0.717) is 5.56 Å². The highest BCUT2D eigenvalue weighted by atomic mass is 79.9. The van der Waals surface area contributed by atoms with Crippen molar-refractivity contribution in [2.24, 2.45) is 5.10 Å². The van der Waals surface area contributed by atoms with Crippen molar-refractivity contribution in [3.05, 3.63) is 64.1 Å². The molecule has 2 rings (SSSR count). The molecule has 0 aliphatic rings. The third-order valence-corrected chi connectivity index (χ3v) is 3.14. The summed E-state index contributed by atoms with van der Waals surface area (Å²) in [5.41, 5.74) is 3.89. The van der Waals surface area contributed by atoms with Crippen LogP contribution in [0, 0.1) is 0 Å². The number of aromatic hydroxyl groups is 1. The molecule has 0 heterocycles. The van der Waals surface area contributed by atoms with Gasteiger partial charge in [-0.1, -0.05) is 40.2 Å². The Hall–Kier alpha value is -2.14. The molecule has 0 aliphatic heterocycles. The maximum Gasteiger partial charge on any atom is 0.244 e. The number of nitrogens with one attached hydrogen (secondary N) is 1. The second kappa shape index (κ2) is 6.86. The number of nitrogens with zero attached hydrogens (tertiary/aromatic N) is 1. The van der Waals surface area contributed by atoms with Gasteiger partial charge in [-0.15, -0.1) is 0 Å². The average Bonchev–Trinajstić information content (AvgIpc) is 2.43. The maximum absolute atomic E-state index is 11.7. The number of hydrogen-bond acceptors (Lipinski definition) is 3. The van der Waals surface area contributed by atoms with E-state index in [1.54, 1.807) is 24.3 Å². The van der Waals surface area contributed by atoms with Crippen LogP contribution in [0.1, 0.15) is 11.1 Å². The van der Waals surface area contributed by atoms with Gasteiger partial charge in [-0.2, -0.15) is 5.10 Å². The van der Waals surface area contributed by atoms with Crippen LogP contribution in [0.25, 0.3) is 0 Å². The van der Waals surface area contributed by atoms with Gasteiger partial charge in [0.15, 0.2) is 0 Å². The number of carbonyl (C=O) groups is 1. The predicted molar refractivity (Wildman–Crippen MR) is 81.7 cm³/mol. The first-order valence-electron chi connectivity index (χ1n) is 5.99. The molecule has 0 spiro atoms. The molecule has 0 bridgehead atoms. The average molecular weight is 333 g/mol. The van der Waals surface area contributed by atoms with Gasteiger partial charge in [0.2, 0.25) is 5.91 Å². The van der Waals surface area contributed by atoms with Crippen LogP contribution in [0.5, 0.6) is 5.75 Å². The Morgan fingerprint density at radius 1 is 1.20 bits per heavy atom. The van der Waals surface area contributed by atoms with Gasteiger partial charge in [-0.3, -0.25) is 4.79 Å². The summed E-state index contributed by atoms with van der Waals surface area (Å²) in [6.07, 6.45) is 1.67. The lowest BCUT2D eigenvalue weighted by molar-refractivity contribution is -0.120. The molecule has 2 aromatic carbocycles. The molecule has 0 unspecified atom stereocenters. The van der Waals surface area contributed by atoms with Gasteiger partial charge < -0.3 is 5.11 Å². The van der Waals surface area contributed by atoms with Crippen LogP contribution < -0.4 is 5.43 Å². The summed E-state index contributed by atoms with van der Waals surface area (Å²) in [4.78, 5) is 11.7. The fourth-order valence-electron chi connectivity index (χ4n) is 1.60. The normalized spacial score (nSPS) is 10.7. The summed E-state index contributed by atoms with van der Waals surface area (Å²) < 4.78 is 0.972. The van der Waals surface area contributed by atoms with E-state index in [0.717, 1.165) is 10.0 Å². The third kappa shape index (κ3) is 4.20. The van der Waals surface area contributed by atoms with Crippen molar-refractivity contribution in [2.45, 2.75) is 6.42 Å². The highest BCUT2D eigenvalue weighted by Crippen LogP contribution is 2.12. The van der Waals surface area contributed by atoms with Crippen molar-refractivity contribution in [3.63, 3.8) is 0 Å². The molecule has 0 aliphatic carbocycles. The van der Waals surface area contributed by atoms with Gasteiger partial charge in [-0.25, -0.2) is 5.43 Å². The molecule has 1 amide bonds. The number of para-hydroxylation sites is 1. The van der Waals surface area contributed by atoms with Gasteiger partial charge in [0.1, 0.15) is 5.75 Å². The minimum atomic E-state index is -0.209. The lowest BCUT2D eigenvalue weighted by atomic mass is 10.1. The van der Waals surface area contributed by atoms with Crippen LogP contribution in [0.15, 0.2) is 58.1 Å². The van der Waals surface area contributed by atoms with Gasteiger partial charge in [-0.05, 0) is 29.8 Å². The molecule has 20 heavy (non-hydrogen) atoms. The Morgan fingerprint density at radius 3 is 2.60 bits per heavy atom. The minimum absolute atomic E-state index is 0.124. The lowest BCUT2D eigenvalue weighted by Crippen LogP contribution is -2.19.